The average Bonchev–Trinajstić information content (AvgIpc) is 2.30. The molecule has 4 heteroatoms. The van der Waals surface area contributed by atoms with Gasteiger partial charge in [-0.15, -0.1) is 6.42 Å². The van der Waals surface area contributed by atoms with Crippen LogP contribution in [0.1, 0.15) is 5.56 Å². The van der Waals surface area contributed by atoms with Crippen molar-refractivity contribution in [3.8, 4) is 12.3 Å². The molecule has 0 N–H and O–H groups in total. The molecule has 0 saturated carbocycles. The molecule has 1 aliphatic rings. The molecule has 83 valence electrons. The van der Waals surface area contributed by atoms with Gasteiger partial charge in [0.2, 0.25) is 0 Å². The average molecular weight is 382 g/mol. The molecule has 2 nitrogen and oxygen atoms in total. The predicted octanol–water partition coefficient (Wildman–Crippen LogP) is 1.87. The number of nitrogens with zero attached hydrogens (tertiary/aromatic N) is 2. The zero-order valence-corrected chi connectivity index (χ0v) is 12.5. The minimum Gasteiger partial charge on any atom is -0.358 e. The quantitative estimate of drug-likeness (QED) is 0.419. The first kappa shape index (κ1) is 15.3. The van der Waals surface area contributed by atoms with Crippen LogP contribution in [0.15, 0.2) is 18.3 Å². The Morgan fingerprint density at radius 1 is 1.31 bits per heavy atom. The second kappa shape index (κ2) is 7.52. The number of pyridine rings is 1. The van der Waals surface area contributed by atoms with Crippen LogP contribution in [0.2, 0.25) is 12.6 Å². The summed E-state index contributed by atoms with van der Waals surface area (Å²) in [7, 11) is 2.33. The van der Waals surface area contributed by atoms with Crippen LogP contribution < -0.4 is 4.90 Å². The van der Waals surface area contributed by atoms with Gasteiger partial charge in [-0.05, 0) is 12.1 Å². The molecule has 1 aromatic rings. The molecular formula is C12H15BN2W-. The van der Waals surface area contributed by atoms with Crippen molar-refractivity contribution in [1.29, 1.82) is 0 Å². The first-order chi connectivity index (χ1) is 6.90. The Labute approximate surface area is 113 Å². The van der Waals surface area contributed by atoms with Gasteiger partial charge in [0.1, 0.15) is 13.1 Å². The van der Waals surface area contributed by atoms with Crippen molar-refractivity contribution in [2.75, 3.05) is 18.0 Å². The molecule has 0 spiro atoms. The van der Waals surface area contributed by atoms with Crippen LogP contribution in [-0.2, 0) is 21.1 Å². The zero-order valence-electron chi connectivity index (χ0n) is 9.52. The van der Waals surface area contributed by atoms with Crippen LogP contribution in [0.25, 0.3) is 0 Å². The molecule has 1 saturated heterocycles. The second-order valence-corrected chi connectivity index (χ2v) is 3.40. The van der Waals surface area contributed by atoms with Crippen LogP contribution in [0.3, 0.4) is 0 Å². The van der Waals surface area contributed by atoms with Gasteiger partial charge >= 0.3 is 0 Å². The van der Waals surface area contributed by atoms with Gasteiger partial charge in [0.25, 0.3) is 0 Å². The number of terminal acetylenes is 1. The van der Waals surface area contributed by atoms with Crippen LogP contribution in [-0.4, -0.2) is 25.4 Å². The summed E-state index contributed by atoms with van der Waals surface area (Å²) in [5, 5.41) is 0. The van der Waals surface area contributed by atoms with E-state index in [-0.39, 0.29) is 28.5 Å². The van der Waals surface area contributed by atoms with E-state index in [1.54, 1.807) is 6.20 Å². The third kappa shape index (κ3) is 3.69. The van der Waals surface area contributed by atoms with Gasteiger partial charge in [-0.3, -0.25) is 0 Å². The van der Waals surface area contributed by atoms with Gasteiger partial charge in [0, 0.05) is 45.9 Å². The number of rotatable bonds is 1. The van der Waals surface area contributed by atoms with Crippen molar-refractivity contribution >= 4 is 13.1 Å². The molecule has 0 unspecified atom stereocenters. The van der Waals surface area contributed by atoms with E-state index in [1.165, 1.54) is 0 Å². The van der Waals surface area contributed by atoms with Crippen LogP contribution >= 0.6 is 0 Å². The third-order valence-electron chi connectivity index (χ3n) is 2.44. The molecule has 0 bridgehead atoms. The number of hydrogen-bond donors (Lipinski definition) is 0. The van der Waals surface area contributed by atoms with E-state index >= 15 is 0 Å². The van der Waals surface area contributed by atoms with Gasteiger partial charge in [-0.1, -0.05) is 18.6 Å². The summed E-state index contributed by atoms with van der Waals surface area (Å²) in [6, 6.07) is 3.95. The standard InChI is InChI=1S/C11H12BN2.CH3.W/c1-2-10-3-4-11(13-9-10)14-7-5-12-6-8-14;;/h1,3-4,9H,5-8H2;1H3;/q;-1;. The van der Waals surface area contributed by atoms with Crippen molar-refractivity contribution in [1.82, 2.24) is 4.98 Å². The first-order valence-corrected chi connectivity index (χ1v) is 4.89. The van der Waals surface area contributed by atoms with Crippen molar-refractivity contribution < 1.29 is 21.1 Å². The van der Waals surface area contributed by atoms with Crippen molar-refractivity contribution in [2.45, 2.75) is 12.6 Å². The molecule has 1 radical (unpaired) electrons. The maximum Gasteiger partial charge on any atom is 0.128 e. The minimum atomic E-state index is 0. The van der Waals surface area contributed by atoms with Gasteiger partial charge in [-0.25, -0.2) is 4.98 Å². The Hall–Kier alpha value is -0.737. The number of aromatic nitrogens is 1. The topological polar surface area (TPSA) is 16.1 Å². The summed E-state index contributed by atoms with van der Waals surface area (Å²) in [5.41, 5.74) is 0.845. The van der Waals surface area contributed by atoms with Gasteiger partial charge in [0.15, 0.2) is 0 Å². The Kier molecular flexibility index (Phi) is 7.18. The zero-order chi connectivity index (χ0) is 9.80. The Balaban J connectivity index is 0.00000112. The fraction of sp³-hybridized carbons (Fsp3) is 0.333. The summed E-state index contributed by atoms with van der Waals surface area (Å²) in [6.45, 7) is 2.14. The summed E-state index contributed by atoms with van der Waals surface area (Å²) in [4.78, 5) is 6.63. The van der Waals surface area contributed by atoms with Gasteiger partial charge in [0.05, 0.1) is 0 Å². The van der Waals surface area contributed by atoms with E-state index in [0.29, 0.717) is 0 Å². The summed E-state index contributed by atoms with van der Waals surface area (Å²) < 4.78 is 0. The van der Waals surface area contributed by atoms with Crippen LogP contribution in [0.5, 0.6) is 0 Å². The van der Waals surface area contributed by atoms with Gasteiger partial charge < -0.3 is 12.3 Å². The Bertz CT molecular complexity index is 339. The van der Waals surface area contributed by atoms with E-state index < -0.39 is 0 Å². The molecule has 1 fully saturated rings. The van der Waals surface area contributed by atoms with Crippen LogP contribution in [0.4, 0.5) is 5.82 Å². The van der Waals surface area contributed by atoms with Crippen molar-refractivity contribution in [3.05, 3.63) is 31.3 Å². The molecule has 16 heavy (non-hydrogen) atoms. The third-order valence-corrected chi connectivity index (χ3v) is 2.44. The maximum absolute atomic E-state index is 5.27. The number of hydrogen-bond acceptors (Lipinski definition) is 2. The molecule has 0 atom stereocenters. The monoisotopic (exact) mass is 382 g/mol. The molecule has 1 aliphatic heterocycles. The minimum absolute atomic E-state index is 0. The van der Waals surface area contributed by atoms with Crippen molar-refractivity contribution in [3.63, 3.8) is 0 Å². The summed E-state index contributed by atoms with van der Waals surface area (Å²) in [6.07, 6.45) is 9.33. The normalized spacial score (nSPS) is 13.8. The first-order valence-electron chi connectivity index (χ1n) is 4.89. The molecule has 0 aromatic carbocycles. The van der Waals surface area contributed by atoms with E-state index in [4.69, 9.17) is 6.42 Å². The van der Waals surface area contributed by atoms with Crippen molar-refractivity contribution in [2.24, 2.45) is 0 Å². The smallest absolute Gasteiger partial charge is 0.128 e. The maximum atomic E-state index is 5.27. The van der Waals surface area contributed by atoms with E-state index in [9.17, 15) is 0 Å². The fourth-order valence-corrected chi connectivity index (χ4v) is 1.64. The molecule has 2 heterocycles. The number of anilines is 1. The fourth-order valence-electron chi connectivity index (χ4n) is 1.64. The largest absolute Gasteiger partial charge is 0.358 e. The second-order valence-electron chi connectivity index (χ2n) is 3.40. The molecule has 0 amide bonds. The molecule has 1 aromatic heterocycles. The van der Waals surface area contributed by atoms with Gasteiger partial charge in [-0.2, -0.15) is 0 Å². The Morgan fingerprint density at radius 3 is 2.50 bits per heavy atom. The van der Waals surface area contributed by atoms with E-state index in [1.807, 2.05) is 12.1 Å². The SMILES string of the molecule is C#Cc1ccc(N2CC[B]CC2)nc1.[CH3-].[W]. The summed E-state index contributed by atoms with van der Waals surface area (Å²) in [5.74, 6) is 3.61. The van der Waals surface area contributed by atoms with E-state index in [0.717, 1.165) is 37.1 Å². The summed E-state index contributed by atoms with van der Waals surface area (Å²) >= 11 is 0. The molecular weight excluding hydrogens is 367 g/mol. The predicted molar refractivity (Wildman–Crippen MR) is 66.2 cm³/mol. The Morgan fingerprint density at radius 2 is 2.00 bits per heavy atom. The molecule has 2 rings (SSSR count). The van der Waals surface area contributed by atoms with E-state index in [2.05, 4.69) is 23.1 Å². The molecule has 0 aliphatic carbocycles. The van der Waals surface area contributed by atoms with Crippen LogP contribution in [0, 0.1) is 19.8 Å².